The Kier molecular flexibility index (Phi) is 2.90. The SMILES string of the molecule is Clc1ccc2nc(-c3cc(Cl)ncc3Cl)[nH]c2c1. The predicted octanol–water partition coefficient (Wildman–Crippen LogP) is 4.59. The number of pyridine rings is 1. The summed E-state index contributed by atoms with van der Waals surface area (Å²) in [5.41, 5.74) is 2.38. The normalized spacial score (nSPS) is 11.1. The van der Waals surface area contributed by atoms with E-state index in [0.717, 1.165) is 11.0 Å². The van der Waals surface area contributed by atoms with E-state index in [-0.39, 0.29) is 0 Å². The Hall–Kier alpha value is -1.29. The zero-order chi connectivity index (χ0) is 12.7. The first-order chi connectivity index (χ1) is 8.63. The molecule has 3 aromatic rings. The van der Waals surface area contributed by atoms with Gasteiger partial charge in [0.1, 0.15) is 11.0 Å². The highest BCUT2D eigenvalue weighted by Crippen LogP contribution is 2.29. The van der Waals surface area contributed by atoms with E-state index in [1.54, 1.807) is 12.1 Å². The van der Waals surface area contributed by atoms with Gasteiger partial charge in [0.2, 0.25) is 0 Å². The van der Waals surface area contributed by atoms with Crippen LogP contribution in [0.25, 0.3) is 22.4 Å². The number of nitrogens with zero attached hydrogens (tertiary/aromatic N) is 2. The number of imidazole rings is 1. The second kappa shape index (κ2) is 4.43. The van der Waals surface area contributed by atoms with E-state index in [1.165, 1.54) is 6.20 Å². The van der Waals surface area contributed by atoms with Crippen LogP contribution in [0.4, 0.5) is 0 Å². The molecule has 0 spiro atoms. The molecule has 2 aromatic heterocycles. The minimum Gasteiger partial charge on any atom is -0.338 e. The number of aromatic amines is 1. The van der Waals surface area contributed by atoms with E-state index in [9.17, 15) is 0 Å². The van der Waals surface area contributed by atoms with E-state index in [2.05, 4.69) is 15.0 Å². The first kappa shape index (κ1) is 11.8. The lowest BCUT2D eigenvalue weighted by Gasteiger charge is -1.99. The van der Waals surface area contributed by atoms with Gasteiger partial charge in [-0.3, -0.25) is 0 Å². The van der Waals surface area contributed by atoms with Crippen LogP contribution in [0.5, 0.6) is 0 Å². The van der Waals surface area contributed by atoms with Gasteiger partial charge < -0.3 is 4.98 Å². The Morgan fingerprint density at radius 3 is 2.72 bits per heavy atom. The minimum atomic E-state index is 0.368. The van der Waals surface area contributed by atoms with E-state index in [0.29, 0.717) is 26.6 Å². The molecule has 1 N–H and O–H groups in total. The lowest BCUT2D eigenvalue weighted by atomic mass is 10.2. The van der Waals surface area contributed by atoms with Gasteiger partial charge in [-0.1, -0.05) is 34.8 Å². The van der Waals surface area contributed by atoms with Gasteiger partial charge in [-0.25, -0.2) is 9.97 Å². The molecule has 3 nitrogen and oxygen atoms in total. The predicted molar refractivity (Wildman–Crippen MR) is 74.4 cm³/mol. The van der Waals surface area contributed by atoms with Crippen molar-refractivity contribution in [1.29, 1.82) is 0 Å². The number of halogens is 3. The molecule has 3 rings (SSSR count). The number of rotatable bonds is 1. The molecule has 0 saturated carbocycles. The zero-order valence-electron chi connectivity index (χ0n) is 8.92. The first-order valence-electron chi connectivity index (χ1n) is 5.10. The smallest absolute Gasteiger partial charge is 0.140 e. The second-order valence-electron chi connectivity index (χ2n) is 3.73. The van der Waals surface area contributed by atoms with Crippen molar-refractivity contribution < 1.29 is 0 Å². The molecule has 0 aliphatic rings. The van der Waals surface area contributed by atoms with E-state index in [4.69, 9.17) is 34.8 Å². The van der Waals surface area contributed by atoms with Crippen LogP contribution in [-0.4, -0.2) is 15.0 Å². The van der Waals surface area contributed by atoms with Gasteiger partial charge in [-0.05, 0) is 24.3 Å². The van der Waals surface area contributed by atoms with Crippen molar-refractivity contribution in [2.45, 2.75) is 0 Å². The minimum absolute atomic E-state index is 0.368. The van der Waals surface area contributed by atoms with Gasteiger partial charge in [0.15, 0.2) is 0 Å². The summed E-state index contributed by atoms with van der Waals surface area (Å²) in [5, 5.41) is 1.51. The molecule has 18 heavy (non-hydrogen) atoms. The number of benzene rings is 1. The highest BCUT2D eigenvalue weighted by atomic mass is 35.5. The summed E-state index contributed by atoms with van der Waals surface area (Å²) >= 11 is 17.9. The molecule has 90 valence electrons. The third-order valence-corrected chi connectivity index (χ3v) is 3.26. The summed E-state index contributed by atoms with van der Waals surface area (Å²) in [6.45, 7) is 0. The number of aromatic nitrogens is 3. The van der Waals surface area contributed by atoms with Gasteiger partial charge in [-0.15, -0.1) is 0 Å². The fourth-order valence-electron chi connectivity index (χ4n) is 1.70. The lowest BCUT2D eigenvalue weighted by Crippen LogP contribution is -1.84. The summed E-state index contributed by atoms with van der Waals surface area (Å²) in [5.74, 6) is 0.640. The van der Waals surface area contributed by atoms with Gasteiger partial charge in [0.25, 0.3) is 0 Å². The van der Waals surface area contributed by atoms with Crippen molar-refractivity contribution in [1.82, 2.24) is 15.0 Å². The molecule has 0 radical (unpaired) electrons. The van der Waals surface area contributed by atoms with E-state index in [1.807, 2.05) is 12.1 Å². The van der Waals surface area contributed by atoms with Gasteiger partial charge in [0, 0.05) is 16.8 Å². The summed E-state index contributed by atoms with van der Waals surface area (Å²) < 4.78 is 0. The van der Waals surface area contributed by atoms with Crippen LogP contribution in [-0.2, 0) is 0 Å². The van der Waals surface area contributed by atoms with Crippen LogP contribution in [0, 0.1) is 0 Å². The van der Waals surface area contributed by atoms with Crippen LogP contribution in [0.1, 0.15) is 0 Å². The van der Waals surface area contributed by atoms with Crippen molar-refractivity contribution in [3.8, 4) is 11.4 Å². The molecule has 0 unspecified atom stereocenters. The number of fused-ring (bicyclic) bond motifs is 1. The highest BCUT2D eigenvalue weighted by molar-refractivity contribution is 6.34. The lowest BCUT2D eigenvalue weighted by molar-refractivity contribution is 1.28. The van der Waals surface area contributed by atoms with Crippen LogP contribution in [0.15, 0.2) is 30.5 Å². The molecule has 0 saturated heterocycles. The maximum atomic E-state index is 6.08. The summed E-state index contributed by atoms with van der Waals surface area (Å²) in [4.78, 5) is 11.5. The third-order valence-electron chi connectivity index (χ3n) is 2.52. The Labute approximate surface area is 118 Å². The first-order valence-corrected chi connectivity index (χ1v) is 6.23. The number of nitrogens with one attached hydrogen (secondary N) is 1. The van der Waals surface area contributed by atoms with Crippen LogP contribution >= 0.6 is 34.8 Å². The van der Waals surface area contributed by atoms with Crippen LogP contribution in [0.3, 0.4) is 0 Å². The molecule has 6 heteroatoms. The van der Waals surface area contributed by atoms with Crippen LogP contribution in [0.2, 0.25) is 15.2 Å². The monoisotopic (exact) mass is 297 g/mol. The summed E-state index contributed by atoms with van der Waals surface area (Å²) in [6.07, 6.45) is 1.50. The van der Waals surface area contributed by atoms with E-state index >= 15 is 0 Å². The van der Waals surface area contributed by atoms with Crippen molar-refractivity contribution in [3.05, 3.63) is 45.7 Å². The molecule has 0 fully saturated rings. The molecule has 0 amide bonds. The maximum absolute atomic E-state index is 6.08. The van der Waals surface area contributed by atoms with Gasteiger partial charge in [0.05, 0.1) is 16.1 Å². The van der Waals surface area contributed by atoms with Gasteiger partial charge >= 0.3 is 0 Å². The fourth-order valence-corrected chi connectivity index (χ4v) is 2.23. The molecule has 0 aliphatic heterocycles. The molecule has 0 aliphatic carbocycles. The van der Waals surface area contributed by atoms with Crippen molar-refractivity contribution in [3.63, 3.8) is 0 Å². The Balaban J connectivity index is 2.22. The molecule has 0 bridgehead atoms. The average molecular weight is 299 g/mol. The van der Waals surface area contributed by atoms with E-state index < -0.39 is 0 Å². The highest BCUT2D eigenvalue weighted by Gasteiger charge is 2.10. The van der Waals surface area contributed by atoms with Crippen LogP contribution < -0.4 is 0 Å². The molecule has 0 atom stereocenters. The van der Waals surface area contributed by atoms with Crippen molar-refractivity contribution >= 4 is 45.8 Å². The molecule has 1 aromatic carbocycles. The summed E-state index contributed by atoms with van der Waals surface area (Å²) in [6, 6.07) is 7.11. The van der Waals surface area contributed by atoms with Crippen molar-refractivity contribution in [2.24, 2.45) is 0 Å². The zero-order valence-corrected chi connectivity index (χ0v) is 11.2. The maximum Gasteiger partial charge on any atom is 0.140 e. The fraction of sp³-hybridized carbons (Fsp3) is 0. The molecular weight excluding hydrogens is 293 g/mol. The Morgan fingerprint density at radius 1 is 1.06 bits per heavy atom. The largest absolute Gasteiger partial charge is 0.338 e. The molecular formula is C12H6Cl3N3. The standard InChI is InChI=1S/C12H6Cl3N3/c13-6-1-2-9-10(3-6)18-12(17-9)7-4-11(15)16-5-8(7)14/h1-5H,(H,17,18). The second-order valence-corrected chi connectivity index (χ2v) is 4.96. The number of hydrogen-bond donors (Lipinski definition) is 1. The average Bonchev–Trinajstić information content (AvgIpc) is 2.74. The van der Waals surface area contributed by atoms with Gasteiger partial charge in [-0.2, -0.15) is 0 Å². The third kappa shape index (κ3) is 2.05. The Morgan fingerprint density at radius 2 is 1.89 bits per heavy atom. The molecule has 2 heterocycles. The number of hydrogen-bond acceptors (Lipinski definition) is 2. The Bertz CT molecular complexity index is 737. The number of H-pyrrole nitrogens is 1. The summed E-state index contributed by atoms with van der Waals surface area (Å²) in [7, 11) is 0. The quantitative estimate of drug-likeness (QED) is 0.668. The topological polar surface area (TPSA) is 41.6 Å². The van der Waals surface area contributed by atoms with Crippen molar-refractivity contribution in [2.75, 3.05) is 0 Å².